The molecule has 15 nitrogen and oxygen atoms in total. The zero-order valence-corrected chi connectivity index (χ0v) is 33.1. The molecule has 15 heteroatoms. The highest BCUT2D eigenvalue weighted by Crippen LogP contribution is 2.49. The maximum atomic E-state index is 13.1. The van der Waals surface area contributed by atoms with Crippen LogP contribution in [0.2, 0.25) is 0 Å². The van der Waals surface area contributed by atoms with Crippen LogP contribution in [0.1, 0.15) is 85.8 Å². The third-order valence-electron chi connectivity index (χ3n) is 11.8. The Hall–Kier alpha value is -5.25. The van der Waals surface area contributed by atoms with Crippen LogP contribution in [-0.4, -0.2) is 101 Å². The second-order valence-electron chi connectivity index (χ2n) is 16.4. The second-order valence-corrected chi connectivity index (χ2v) is 16.4. The summed E-state index contributed by atoms with van der Waals surface area (Å²) in [7, 11) is 4.25. The van der Waals surface area contributed by atoms with E-state index in [1.807, 2.05) is 30.5 Å². The number of aromatic nitrogens is 3. The lowest BCUT2D eigenvalue weighted by Gasteiger charge is -2.43. The molecule has 3 saturated heterocycles. The van der Waals surface area contributed by atoms with Gasteiger partial charge in [0.2, 0.25) is 5.91 Å². The lowest BCUT2D eigenvalue weighted by molar-refractivity contribution is -0.121. The van der Waals surface area contributed by atoms with E-state index in [0.717, 1.165) is 92.8 Å². The van der Waals surface area contributed by atoms with Gasteiger partial charge >= 0.3 is 0 Å². The summed E-state index contributed by atoms with van der Waals surface area (Å²) in [6, 6.07) is 11.9. The number of hydrogen-bond acceptors (Lipinski definition) is 12. The fourth-order valence-electron chi connectivity index (χ4n) is 8.50. The molecule has 3 aromatic rings. The number of nitrogens with one attached hydrogen (secondary N) is 3. The number of pyridine rings is 1. The van der Waals surface area contributed by atoms with Crippen LogP contribution in [0.5, 0.6) is 0 Å². The van der Waals surface area contributed by atoms with Gasteiger partial charge in [-0.05, 0) is 70.2 Å². The van der Waals surface area contributed by atoms with Gasteiger partial charge in [0.15, 0.2) is 6.29 Å². The zero-order valence-electron chi connectivity index (χ0n) is 33.1. The maximum absolute atomic E-state index is 13.1. The second kappa shape index (κ2) is 16.3. The normalized spacial score (nSPS) is 23.6. The maximum Gasteiger partial charge on any atom is 0.269 e. The highest BCUT2D eigenvalue weighted by molar-refractivity contribution is 5.96. The van der Waals surface area contributed by atoms with Crippen molar-refractivity contribution in [2.24, 2.45) is 17.4 Å². The van der Waals surface area contributed by atoms with E-state index in [0.29, 0.717) is 30.1 Å². The largest absolute Gasteiger partial charge is 0.393 e. The molecular weight excluding hydrogens is 723 g/mol. The standard InChI is InChI=1S/C35H42N10O3.C7H13NO/c1-3-29-33-26(15-38-45(33)24-17-44(18-24)16-22-6-4-7-23(19-46)39-22)25-8-5-9-27(32(25)43(29)2)41-28(31(37)35(48)40-21-12-13-21)14-30(36)42-34(47)20-10-11-20;1-8-4-6-2-3-7(5-8)9-6/h4-9,14-15,19-21,24,29,41H,3,10-13,16-18,36-37H2,1-2H3,(H,40,48)(H,42,47);6-7H,2-5H2,1H3/b30-14+,31-28+;. The van der Waals surface area contributed by atoms with E-state index >= 15 is 0 Å². The highest BCUT2D eigenvalue weighted by atomic mass is 16.5. The van der Waals surface area contributed by atoms with Gasteiger partial charge < -0.3 is 42.0 Å². The number of para-hydroxylation sites is 1. The number of morpholine rings is 1. The van der Waals surface area contributed by atoms with Crippen molar-refractivity contribution in [3.05, 3.63) is 83.0 Å². The number of carbonyl (C=O) groups is 3. The first-order valence-electron chi connectivity index (χ1n) is 20.3. The minimum absolute atomic E-state index is 0.00948. The van der Waals surface area contributed by atoms with Gasteiger partial charge in [-0.15, -0.1) is 0 Å². The number of likely N-dealkylation sites (N-methyl/N-ethyl adjacent to an activating group) is 1. The summed E-state index contributed by atoms with van der Waals surface area (Å²) in [5, 5.41) is 14.0. The fraction of sp³-hybridized carbons (Fsp3) is 0.500. The van der Waals surface area contributed by atoms with Crippen molar-refractivity contribution in [2.75, 3.05) is 50.5 Å². The molecule has 6 aliphatic rings. The molecule has 57 heavy (non-hydrogen) atoms. The Morgan fingerprint density at radius 2 is 1.68 bits per heavy atom. The van der Waals surface area contributed by atoms with Crippen molar-refractivity contribution in [1.29, 1.82) is 0 Å². The SMILES string of the molecule is CCC1c2c(cnn2C2CN(Cc3cccc(C=O)n3)C2)-c2cccc(NC(/C=C(\N)NC(=O)C3CC3)=C(/N)C(=O)NC3CC3)c2N1C.CN1CC2CCC(C1)O2. The molecule has 2 bridgehead atoms. The summed E-state index contributed by atoms with van der Waals surface area (Å²) in [5.74, 6) is -0.419. The number of allylic oxidation sites excluding steroid dienone is 1. The van der Waals surface area contributed by atoms with Gasteiger partial charge in [0, 0.05) is 68.9 Å². The zero-order chi connectivity index (χ0) is 39.8. The number of nitrogens with zero attached hydrogens (tertiary/aromatic N) is 6. The van der Waals surface area contributed by atoms with Gasteiger partial charge in [0.1, 0.15) is 17.2 Å². The van der Waals surface area contributed by atoms with Gasteiger partial charge in [0.25, 0.3) is 5.91 Å². The lowest BCUT2D eigenvalue weighted by atomic mass is 9.91. The number of hydrogen-bond donors (Lipinski definition) is 5. The third-order valence-corrected chi connectivity index (χ3v) is 11.8. The molecule has 7 N–H and O–H groups in total. The van der Waals surface area contributed by atoms with Crippen molar-refractivity contribution >= 4 is 29.5 Å². The smallest absolute Gasteiger partial charge is 0.269 e. The van der Waals surface area contributed by atoms with E-state index in [9.17, 15) is 14.4 Å². The van der Waals surface area contributed by atoms with Crippen LogP contribution in [-0.2, 0) is 20.9 Å². The summed E-state index contributed by atoms with van der Waals surface area (Å²) < 4.78 is 7.80. The summed E-state index contributed by atoms with van der Waals surface area (Å²) in [5.41, 5.74) is 19.3. The molecule has 2 aliphatic carbocycles. The third kappa shape index (κ3) is 8.55. The Morgan fingerprint density at radius 3 is 2.37 bits per heavy atom. The first-order chi connectivity index (χ1) is 27.6. The van der Waals surface area contributed by atoms with Crippen LogP contribution in [0.4, 0.5) is 11.4 Å². The summed E-state index contributed by atoms with van der Waals surface area (Å²) in [4.78, 5) is 48.0. The number of ether oxygens (including phenoxy) is 1. The van der Waals surface area contributed by atoms with Gasteiger partial charge in [0.05, 0.1) is 58.9 Å². The molecular formula is C42H55N11O4. The number of fused-ring (bicyclic) bond motifs is 5. The number of anilines is 2. The molecule has 1 aromatic carbocycles. The number of carbonyl (C=O) groups excluding carboxylic acids is 3. The fourth-order valence-corrected chi connectivity index (χ4v) is 8.50. The first-order valence-corrected chi connectivity index (χ1v) is 20.3. The molecule has 0 radical (unpaired) electrons. The lowest BCUT2D eigenvalue weighted by Crippen LogP contribution is -2.48. The van der Waals surface area contributed by atoms with Crippen LogP contribution in [0.25, 0.3) is 11.1 Å². The minimum Gasteiger partial charge on any atom is -0.393 e. The van der Waals surface area contributed by atoms with Crippen LogP contribution in [0.15, 0.2) is 65.9 Å². The molecule has 0 spiro atoms. The predicted octanol–water partition coefficient (Wildman–Crippen LogP) is 3.38. The quantitative estimate of drug-likeness (QED) is 0.103. The van der Waals surface area contributed by atoms with E-state index in [1.54, 1.807) is 6.07 Å². The van der Waals surface area contributed by atoms with Crippen LogP contribution in [0.3, 0.4) is 0 Å². The van der Waals surface area contributed by atoms with Gasteiger partial charge in [-0.3, -0.25) is 24.0 Å². The molecule has 2 aromatic heterocycles. The average Bonchev–Trinajstić information content (AvgIpc) is 4.12. The van der Waals surface area contributed by atoms with Crippen LogP contribution >= 0.6 is 0 Å². The Morgan fingerprint density at radius 1 is 0.947 bits per heavy atom. The van der Waals surface area contributed by atoms with Crippen molar-refractivity contribution < 1.29 is 19.1 Å². The summed E-state index contributed by atoms with van der Waals surface area (Å²) in [6.45, 7) is 6.80. The molecule has 2 saturated carbocycles. The molecule has 4 aliphatic heterocycles. The van der Waals surface area contributed by atoms with E-state index in [-0.39, 0.29) is 47.4 Å². The molecule has 302 valence electrons. The van der Waals surface area contributed by atoms with Crippen LogP contribution < -0.4 is 32.3 Å². The summed E-state index contributed by atoms with van der Waals surface area (Å²) >= 11 is 0. The number of nitrogens with two attached hydrogens (primary N) is 2. The first kappa shape index (κ1) is 38.6. The highest BCUT2D eigenvalue weighted by Gasteiger charge is 2.38. The van der Waals surface area contributed by atoms with Crippen LogP contribution in [0, 0.1) is 5.92 Å². The molecule has 6 heterocycles. The summed E-state index contributed by atoms with van der Waals surface area (Å²) in [6.07, 6.45) is 12.3. The Labute approximate surface area is 333 Å². The molecule has 3 atom stereocenters. The van der Waals surface area contributed by atoms with Gasteiger partial charge in [-0.2, -0.15) is 5.10 Å². The monoisotopic (exact) mass is 777 g/mol. The number of aldehydes is 1. The topological polar surface area (TPSA) is 189 Å². The Balaban J connectivity index is 0.000000441. The van der Waals surface area contributed by atoms with Crippen molar-refractivity contribution in [3.63, 3.8) is 0 Å². The predicted molar refractivity (Wildman–Crippen MR) is 218 cm³/mol. The van der Waals surface area contributed by atoms with E-state index < -0.39 is 0 Å². The number of amides is 2. The van der Waals surface area contributed by atoms with Crippen molar-refractivity contribution in [3.8, 4) is 11.1 Å². The van der Waals surface area contributed by atoms with E-state index in [2.05, 4.69) is 67.4 Å². The van der Waals surface area contributed by atoms with E-state index in [4.69, 9.17) is 21.3 Å². The Bertz CT molecular complexity index is 2050. The van der Waals surface area contributed by atoms with E-state index in [1.165, 1.54) is 24.6 Å². The van der Waals surface area contributed by atoms with Gasteiger partial charge in [-0.25, -0.2) is 4.98 Å². The molecule has 9 rings (SSSR count). The molecule has 5 fully saturated rings. The number of benzene rings is 1. The minimum atomic E-state index is -0.382. The van der Waals surface area contributed by atoms with Crippen molar-refractivity contribution in [1.82, 2.24) is 35.2 Å². The molecule has 2 amide bonds. The van der Waals surface area contributed by atoms with Crippen molar-refractivity contribution in [2.45, 2.75) is 88.7 Å². The van der Waals surface area contributed by atoms with Gasteiger partial charge in [-0.1, -0.05) is 25.1 Å². The Kier molecular flexibility index (Phi) is 11.1. The number of rotatable bonds is 12. The molecule has 3 unspecified atom stereocenters. The average molecular weight is 778 g/mol. The number of likely N-dealkylation sites (tertiary alicyclic amines) is 2.